The van der Waals surface area contributed by atoms with E-state index in [1.54, 1.807) is 18.2 Å². The molecular weight excluding hydrogens is 396 g/mol. The lowest BCUT2D eigenvalue weighted by molar-refractivity contribution is -0.113. The Hall–Kier alpha value is -3.71. The van der Waals surface area contributed by atoms with Gasteiger partial charge in [-0.1, -0.05) is 84.6 Å². The first-order valence-corrected chi connectivity index (χ1v) is 10.3. The second-order valence-corrected chi connectivity index (χ2v) is 7.32. The molecule has 4 aromatic rings. The van der Waals surface area contributed by atoms with Gasteiger partial charge in [-0.15, -0.1) is 10.2 Å². The number of aromatic hydroxyl groups is 1. The maximum Gasteiger partial charge on any atom is 0.234 e. The highest BCUT2D eigenvalue weighted by molar-refractivity contribution is 7.99. The topological polar surface area (TPSA) is 88.0 Å². The molecule has 1 amide bonds. The molecule has 2 N–H and O–H groups in total. The van der Waals surface area contributed by atoms with Gasteiger partial charge in [0.25, 0.3) is 0 Å². The highest BCUT2D eigenvalue weighted by Gasteiger charge is 2.15. The Kier molecular flexibility index (Phi) is 6.01. The van der Waals surface area contributed by atoms with Crippen molar-refractivity contribution in [2.75, 3.05) is 11.1 Å². The number of hydrogen-bond acceptors (Lipinski definition) is 6. The number of nitrogens with one attached hydrogen (secondary N) is 1. The Morgan fingerprint density at radius 1 is 0.800 bits per heavy atom. The number of rotatable bonds is 6. The number of hydrogen-bond donors (Lipinski definition) is 2. The second kappa shape index (κ2) is 9.19. The standard InChI is InChI=1S/C23H18N4O2S/c28-19-14-8-7-13-18(19)24-20(29)15-30-23-25-21(16-9-3-1-4-10-16)22(26-27-23)17-11-5-2-6-12-17/h1-14,28H,15H2,(H,24,29). The number of aromatic nitrogens is 3. The molecule has 3 aromatic carbocycles. The summed E-state index contributed by atoms with van der Waals surface area (Å²) in [4.78, 5) is 16.9. The van der Waals surface area contributed by atoms with Crippen molar-refractivity contribution in [3.8, 4) is 28.3 Å². The molecule has 0 bridgehead atoms. The first-order chi connectivity index (χ1) is 14.7. The van der Waals surface area contributed by atoms with Crippen molar-refractivity contribution in [2.45, 2.75) is 5.16 Å². The molecule has 1 aromatic heterocycles. The molecule has 0 fully saturated rings. The zero-order valence-electron chi connectivity index (χ0n) is 15.9. The number of para-hydroxylation sites is 2. The van der Waals surface area contributed by atoms with E-state index in [-0.39, 0.29) is 17.4 Å². The van der Waals surface area contributed by atoms with Crippen molar-refractivity contribution in [3.63, 3.8) is 0 Å². The molecule has 0 aliphatic heterocycles. The Morgan fingerprint density at radius 2 is 1.40 bits per heavy atom. The summed E-state index contributed by atoms with van der Waals surface area (Å²) in [5.41, 5.74) is 3.61. The predicted octanol–water partition coefficient (Wildman–Crippen LogP) is 4.64. The highest BCUT2D eigenvalue weighted by Crippen LogP contribution is 2.29. The molecule has 0 aliphatic rings. The van der Waals surface area contributed by atoms with Crippen LogP contribution in [0.5, 0.6) is 5.75 Å². The van der Waals surface area contributed by atoms with Crippen LogP contribution in [-0.4, -0.2) is 31.9 Å². The third kappa shape index (κ3) is 4.64. The zero-order chi connectivity index (χ0) is 20.8. The summed E-state index contributed by atoms with van der Waals surface area (Å²) in [5.74, 6) is -0.152. The van der Waals surface area contributed by atoms with E-state index in [2.05, 4.69) is 20.5 Å². The van der Waals surface area contributed by atoms with Crippen LogP contribution in [0.2, 0.25) is 0 Å². The van der Waals surface area contributed by atoms with Crippen molar-refractivity contribution in [3.05, 3.63) is 84.9 Å². The molecule has 30 heavy (non-hydrogen) atoms. The fourth-order valence-electron chi connectivity index (χ4n) is 2.86. The number of anilines is 1. The molecule has 0 spiro atoms. The van der Waals surface area contributed by atoms with Crippen LogP contribution in [0, 0.1) is 0 Å². The molecule has 148 valence electrons. The minimum atomic E-state index is -0.265. The number of phenolic OH excluding ortho intramolecular Hbond substituents is 1. The second-order valence-electron chi connectivity index (χ2n) is 6.38. The summed E-state index contributed by atoms with van der Waals surface area (Å²) < 4.78 is 0. The van der Waals surface area contributed by atoms with Gasteiger partial charge < -0.3 is 10.4 Å². The molecule has 0 saturated heterocycles. The fourth-order valence-corrected chi connectivity index (χ4v) is 3.44. The van der Waals surface area contributed by atoms with Crippen molar-refractivity contribution < 1.29 is 9.90 Å². The Bertz CT molecular complexity index is 1150. The van der Waals surface area contributed by atoms with E-state index in [0.717, 1.165) is 11.1 Å². The number of nitrogens with zero attached hydrogens (tertiary/aromatic N) is 3. The average molecular weight is 414 g/mol. The normalized spacial score (nSPS) is 10.5. The van der Waals surface area contributed by atoms with Gasteiger partial charge in [0.05, 0.1) is 11.4 Å². The van der Waals surface area contributed by atoms with E-state index < -0.39 is 0 Å². The number of thioether (sulfide) groups is 1. The van der Waals surface area contributed by atoms with Crippen LogP contribution < -0.4 is 5.32 Å². The van der Waals surface area contributed by atoms with Gasteiger partial charge in [-0.2, -0.15) is 0 Å². The quantitative estimate of drug-likeness (QED) is 0.353. The number of carbonyl (C=O) groups excluding carboxylic acids is 1. The van der Waals surface area contributed by atoms with Gasteiger partial charge in [0, 0.05) is 11.1 Å². The van der Waals surface area contributed by atoms with Gasteiger partial charge >= 0.3 is 0 Å². The number of carbonyl (C=O) groups is 1. The van der Waals surface area contributed by atoms with Gasteiger partial charge in [0.2, 0.25) is 11.1 Å². The maximum absolute atomic E-state index is 12.3. The summed E-state index contributed by atoms with van der Waals surface area (Å²) in [6.45, 7) is 0. The summed E-state index contributed by atoms with van der Waals surface area (Å²) in [7, 11) is 0. The highest BCUT2D eigenvalue weighted by atomic mass is 32.2. The van der Waals surface area contributed by atoms with Gasteiger partial charge in [0.1, 0.15) is 17.1 Å². The van der Waals surface area contributed by atoms with E-state index in [0.29, 0.717) is 22.2 Å². The third-order valence-corrected chi connectivity index (χ3v) is 5.11. The first-order valence-electron chi connectivity index (χ1n) is 9.27. The average Bonchev–Trinajstić information content (AvgIpc) is 2.80. The molecule has 6 nitrogen and oxygen atoms in total. The van der Waals surface area contributed by atoms with E-state index in [1.807, 2.05) is 60.7 Å². The molecule has 4 rings (SSSR count). The van der Waals surface area contributed by atoms with Gasteiger partial charge in [-0.3, -0.25) is 4.79 Å². The largest absolute Gasteiger partial charge is 0.506 e. The number of amides is 1. The molecule has 0 saturated carbocycles. The van der Waals surface area contributed by atoms with Crippen molar-refractivity contribution >= 4 is 23.4 Å². The lowest BCUT2D eigenvalue weighted by Crippen LogP contribution is -2.14. The number of benzene rings is 3. The number of phenols is 1. The summed E-state index contributed by atoms with van der Waals surface area (Å²) in [6, 6.07) is 26.1. The first kappa shape index (κ1) is 19.6. The monoisotopic (exact) mass is 414 g/mol. The Morgan fingerprint density at radius 3 is 2.07 bits per heavy atom. The minimum Gasteiger partial charge on any atom is -0.506 e. The van der Waals surface area contributed by atoms with E-state index >= 15 is 0 Å². The predicted molar refractivity (Wildman–Crippen MR) is 118 cm³/mol. The van der Waals surface area contributed by atoms with Crippen LogP contribution in [0.3, 0.4) is 0 Å². The van der Waals surface area contributed by atoms with Crippen molar-refractivity contribution in [1.29, 1.82) is 0 Å². The SMILES string of the molecule is O=C(CSc1nnc(-c2ccccc2)c(-c2ccccc2)n1)Nc1ccccc1O. The van der Waals surface area contributed by atoms with Crippen LogP contribution in [0.4, 0.5) is 5.69 Å². The van der Waals surface area contributed by atoms with Gasteiger partial charge in [0.15, 0.2) is 0 Å². The van der Waals surface area contributed by atoms with Crippen molar-refractivity contribution in [2.24, 2.45) is 0 Å². The Balaban J connectivity index is 1.56. The van der Waals surface area contributed by atoms with Crippen molar-refractivity contribution in [1.82, 2.24) is 15.2 Å². The fraction of sp³-hybridized carbons (Fsp3) is 0.0435. The Labute approximate surface area is 178 Å². The lowest BCUT2D eigenvalue weighted by atomic mass is 10.0. The molecule has 0 atom stereocenters. The van der Waals surface area contributed by atoms with Gasteiger partial charge in [-0.05, 0) is 12.1 Å². The van der Waals surface area contributed by atoms with E-state index in [9.17, 15) is 9.90 Å². The van der Waals surface area contributed by atoms with Crippen LogP contribution in [-0.2, 0) is 4.79 Å². The lowest BCUT2D eigenvalue weighted by Gasteiger charge is -2.10. The third-order valence-electron chi connectivity index (χ3n) is 4.27. The van der Waals surface area contributed by atoms with Crippen LogP contribution in [0.25, 0.3) is 22.5 Å². The minimum absolute atomic E-state index is 0.0207. The van der Waals surface area contributed by atoms with E-state index in [1.165, 1.54) is 17.8 Å². The molecule has 1 heterocycles. The molecule has 0 radical (unpaired) electrons. The molecule has 7 heteroatoms. The van der Waals surface area contributed by atoms with E-state index in [4.69, 9.17) is 0 Å². The molecular formula is C23H18N4O2S. The summed E-state index contributed by atoms with van der Waals surface area (Å²) in [6.07, 6.45) is 0. The summed E-state index contributed by atoms with van der Waals surface area (Å²) in [5, 5.41) is 21.5. The van der Waals surface area contributed by atoms with Crippen LogP contribution in [0.1, 0.15) is 0 Å². The zero-order valence-corrected chi connectivity index (χ0v) is 16.7. The van der Waals surface area contributed by atoms with Gasteiger partial charge in [-0.25, -0.2) is 4.98 Å². The summed E-state index contributed by atoms with van der Waals surface area (Å²) >= 11 is 1.19. The van der Waals surface area contributed by atoms with Crippen LogP contribution >= 0.6 is 11.8 Å². The smallest absolute Gasteiger partial charge is 0.234 e. The maximum atomic E-state index is 12.3. The molecule has 0 unspecified atom stereocenters. The molecule has 0 aliphatic carbocycles. The van der Waals surface area contributed by atoms with Crippen LogP contribution in [0.15, 0.2) is 90.1 Å².